The van der Waals surface area contributed by atoms with Crippen molar-refractivity contribution in [2.45, 2.75) is 38.1 Å². The molecule has 1 aromatic carbocycles. The molecule has 2 fully saturated rings. The van der Waals surface area contributed by atoms with E-state index in [-0.39, 0.29) is 5.56 Å². The molecule has 1 N–H and O–H groups in total. The topological polar surface area (TPSA) is 102 Å². The summed E-state index contributed by atoms with van der Waals surface area (Å²) in [5.41, 5.74) is 2.29. The Labute approximate surface area is 180 Å². The van der Waals surface area contributed by atoms with Crippen LogP contribution >= 0.6 is 0 Å². The van der Waals surface area contributed by atoms with E-state index in [0.717, 1.165) is 62.3 Å². The maximum atomic E-state index is 12.6. The van der Waals surface area contributed by atoms with E-state index in [1.165, 1.54) is 0 Å². The van der Waals surface area contributed by atoms with Gasteiger partial charge in [-0.2, -0.15) is 5.26 Å². The van der Waals surface area contributed by atoms with Crippen LogP contribution in [-0.4, -0.2) is 57.1 Å². The number of aryl methyl sites for hydroxylation is 1. The Morgan fingerprint density at radius 1 is 1.13 bits per heavy atom. The molecule has 8 nitrogen and oxygen atoms in total. The third kappa shape index (κ3) is 3.89. The van der Waals surface area contributed by atoms with E-state index in [9.17, 15) is 4.79 Å². The summed E-state index contributed by atoms with van der Waals surface area (Å²) in [6.45, 7) is 5.65. The smallest absolute Gasteiger partial charge is 0.258 e. The predicted octanol–water partition coefficient (Wildman–Crippen LogP) is 2.35. The fourth-order valence-electron chi connectivity index (χ4n) is 4.83. The number of rotatable bonds is 3. The van der Waals surface area contributed by atoms with Crippen LogP contribution in [0.25, 0.3) is 10.9 Å². The number of anilines is 1. The van der Waals surface area contributed by atoms with Gasteiger partial charge in [0.25, 0.3) is 5.56 Å². The summed E-state index contributed by atoms with van der Waals surface area (Å²) in [5, 5.41) is 9.57. The summed E-state index contributed by atoms with van der Waals surface area (Å²) >= 11 is 0. The molecule has 0 amide bonds. The molecule has 1 aliphatic heterocycles. The number of aromatic amines is 1. The maximum absolute atomic E-state index is 12.6. The van der Waals surface area contributed by atoms with Crippen molar-refractivity contribution in [2.24, 2.45) is 0 Å². The zero-order valence-corrected chi connectivity index (χ0v) is 17.6. The van der Waals surface area contributed by atoms with Crippen LogP contribution in [0.2, 0.25) is 0 Å². The molecule has 3 heterocycles. The quantitative estimate of drug-likeness (QED) is 0.700. The van der Waals surface area contributed by atoms with Gasteiger partial charge in [-0.15, -0.1) is 0 Å². The molecule has 1 aliphatic carbocycles. The number of fused-ring (bicyclic) bond motifs is 1. The molecule has 0 bridgehead atoms. The van der Waals surface area contributed by atoms with E-state index in [4.69, 9.17) is 10.2 Å². The van der Waals surface area contributed by atoms with Gasteiger partial charge in [0.05, 0.1) is 28.9 Å². The van der Waals surface area contributed by atoms with E-state index < -0.39 is 0 Å². The zero-order valence-electron chi connectivity index (χ0n) is 17.6. The molecule has 3 aromatic rings. The first-order valence-electron chi connectivity index (χ1n) is 10.8. The van der Waals surface area contributed by atoms with Crippen LogP contribution in [0, 0.1) is 18.3 Å². The molecule has 2 atom stereocenters. The van der Waals surface area contributed by atoms with Crippen LogP contribution in [0.3, 0.4) is 0 Å². The van der Waals surface area contributed by atoms with Crippen molar-refractivity contribution >= 4 is 16.9 Å². The highest BCUT2D eigenvalue weighted by atomic mass is 16.1. The normalized spacial score (nSPS) is 22.0. The fraction of sp³-hybridized carbons (Fsp3) is 0.435. The van der Waals surface area contributed by atoms with Crippen LogP contribution < -0.4 is 10.5 Å². The highest BCUT2D eigenvalue weighted by Crippen LogP contribution is 2.36. The zero-order chi connectivity index (χ0) is 21.4. The van der Waals surface area contributed by atoms with Gasteiger partial charge in [-0.3, -0.25) is 9.69 Å². The largest absolute Gasteiger partial charge is 0.338 e. The standard InChI is InChI=1S/C23H25N7O/c1-15-2-5-20-19(10-15)22(31)28-21(27-20)17-3-4-18(11-17)29-6-8-30(9-7-29)23-25-13-16(12-24)14-26-23/h2,5,10,13-14,17-18H,3-4,6-9,11H2,1H3,(H,27,28,31). The van der Waals surface area contributed by atoms with Gasteiger partial charge in [-0.25, -0.2) is 15.0 Å². The highest BCUT2D eigenvalue weighted by Gasteiger charge is 2.33. The van der Waals surface area contributed by atoms with Gasteiger partial charge in [0.1, 0.15) is 11.9 Å². The lowest BCUT2D eigenvalue weighted by Gasteiger charge is -2.38. The summed E-state index contributed by atoms with van der Waals surface area (Å²) in [7, 11) is 0. The van der Waals surface area contributed by atoms with Crippen molar-refractivity contribution in [3.8, 4) is 6.07 Å². The molecule has 0 spiro atoms. The lowest BCUT2D eigenvalue weighted by molar-refractivity contribution is 0.185. The van der Waals surface area contributed by atoms with Crippen molar-refractivity contribution in [3.05, 3.63) is 57.9 Å². The molecule has 0 radical (unpaired) electrons. The van der Waals surface area contributed by atoms with Crippen LogP contribution in [-0.2, 0) is 0 Å². The number of nitrogens with one attached hydrogen (secondary N) is 1. The number of hydrogen-bond donors (Lipinski definition) is 1. The van der Waals surface area contributed by atoms with Gasteiger partial charge >= 0.3 is 0 Å². The Morgan fingerprint density at radius 2 is 1.90 bits per heavy atom. The second-order valence-corrected chi connectivity index (χ2v) is 8.54. The first kappa shape index (κ1) is 19.6. The molecular formula is C23H25N7O. The molecule has 2 unspecified atom stereocenters. The molecule has 2 aromatic heterocycles. The second-order valence-electron chi connectivity index (χ2n) is 8.54. The minimum atomic E-state index is -0.0387. The highest BCUT2D eigenvalue weighted by molar-refractivity contribution is 5.78. The average molecular weight is 416 g/mol. The molecule has 1 saturated carbocycles. The van der Waals surface area contributed by atoms with E-state index in [1.807, 2.05) is 25.1 Å². The monoisotopic (exact) mass is 415 g/mol. The van der Waals surface area contributed by atoms with Crippen LogP contribution in [0.1, 0.15) is 42.1 Å². The molecule has 8 heteroatoms. The predicted molar refractivity (Wildman–Crippen MR) is 118 cm³/mol. The number of benzene rings is 1. The van der Waals surface area contributed by atoms with Gasteiger partial charge in [-0.1, -0.05) is 11.6 Å². The fourth-order valence-corrected chi connectivity index (χ4v) is 4.83. The average Bonchev–Trinajstić information content (AvgIpc) is 3.30. The SMILES string of the molecule is Cc1ccc2nc(C3CCC(N4CCN(c5ncc(C#N)cn5)CC4)C3)[nH]c(=O)c2c1. The minimum Gasteiger partial charge on any atom is -0.338 e. The maximum Gasteiger partial charge on any atom is 0.258 e. The van der Waals surface area contributed by atoms with Crippen molar-refractivity contribution in [2.75, 3.05) is 31.1 Å². The van der Waals surface area contributed by atoms with Crippen LogP contribution in [0.4, 0.5) is 5.95 Å². The van der Waals surface area contributed by atoms with Gasteiger partial charge < -0.3 is 9.88 Å². The molecule has 2 aliphatic rings. The lowest BCUT2D eigenvalue weighted by Crippen LogP contribution is -2.50. The minimum absolute atomic E-state index is 0.0387. The third-order valence-electron chi connectivity index (χ3n) is 6.55. The van der Waals surface area contributed by atoms with E-state index >= 15 is 0 Å². The first-order valence-corrected chi connectivity index (χ1v) is 10.8. The number of hydrogen-bond acceptors (Lipinski definition) is 7. The van der Waals surface area contributed by atoms with Crippen molar-refractivity contribution in [1.29, 1.82) is 5.26 Å². The number of piperazine rings is 1. The molecule has 158 valence electrons. The summed E-state index contributed by atoms with van der Waals surface area (Å²) in [4.78, 5) is 33.7. The van der Waals surface area contributed by atoms with E-state index in [2.05, 4.69) is 30.8 Å². The third-order valence-corrected chi connectivity index (χ3v) is 6.55. The van der Waals surface area contributed by atoms with Gasteiger partial charge in [0.15, 0.2) is 0 Å². The van der Waals surface area contributed by atoms with Crippen molar-refractivity contribution < 1.29 is 0 Å². The molecule has 31 heavy (non-hydrogen) atoms. The number of H-pyrrole nitrogens is 1. The van der Waals surface area contributed by atoms with Crippen LogP contribution in [0.5, 0.6) is 0 Å². The molecule has 1 saturated heterocycles. The Hall–Kier alpha value is -3.31. The van der Waals surface area contributed by atoms with Crippen molar-refractivity contribution in [3.63, 3.8) is 0 Å². The Kier molecular flexibility index (Phi) is 5.12. The van der Waals surface area contributed by atoms with Gasteiger partial charge in [0, 0.05) is 38.1 Å². The second kappa shape index (κ2) is 8.08. The Balaban J connectivity index is 1.23. The molecule has 5 rings (SSSR count). The first-order chi connectivity index (χ1) is 15.1. The Bertz CT molecular complexity index is 1190. The van der Waals surface area contributed by atoms with Gasteiger partial charge in [-0.05, 0) is 38.3 Å². The number of aromatic nitrogens is 4. The van der Waals surface area contributed by atoms with Crippen molar-refractivity contribution in [1.82, 2.24) is 24.8 Å². The summed E-state index contributed by atoms with van der Waals surface area (Å²) in [6, 6.07) is 8.42. The summed E-state index contributed by atoms with van der Waals surface area (Å²) in [5.74, 6) is 1.81. The van der Waals surface area contributed by atoms with E-state index in [0.29, 0.717) is 28.9 Å². The van der Waals surface area contributed by atoms with Gasteiger partial charge in [0.2, 0.25) is 5.95 Å². The number of nitriles is 1. The van der Waals surface area contributed by atoms with E-state index in [1.54, 1.807) is 12.4 Å². The lowest BCUT2D eigenvalue weighted by atomic mass is 10.1. The Morgan fingerprint density at radius 3 is 2.65 bits per heavy atom. The summed E-state index contributed by atoms with van der Waals surface area (Å²) in [6.07, 6.45) is 6.34. The number of nitrogens with zero attached hydrogens (tertiary/aromatic N) is 6. The molecular weight excluding hydrogens is 390 g/mol. The summed E-state index contributed by atoms with van der Waals surface area (Å²) < 4.78 is 0. The van der Waals surface area contributed by atoms with Crippen LogP contribution in [0.15, 0.2) is 35.4 Å².